The summed E-state index contributed by atoms with van der Waals surface area (Å²) in [6.45, 7) is 2.25. The van der Waals surface area contributed by atoms with Crippen molar-refractivity contribution < 1.29 is 4.79 Å². The maximum atomic E-state index is 9.92. The number of unbranched alkanes of at least 4 members (excludes halogenated alkanes) is 9. The van der Waals surface area contributed by atoms with Gasteiger partial charge in [0.25, 0.3) is 0 Å². The van der Waals surface area contributed by atoms with Crippen LogP contribution in [0.2, 0.25) is 0 Å². The van der Waals surface area contributed by atoms with Gasteiger partial charge in [0, 0.05) is 0 Å². The molecule has 0 saturated carbocycles. The van der Waals surface area contributed by atoms with Crippen molar-refractivity contribution in [1.82, 2.24) is 0 Å². The molecule has 0 atom stereocenters. The minimum absolute atomic E-state index is 0.900. The fourth-order valence-electron chi connectivity index (χ4n) is 1.85. The molecule has 0 aliphatic carbocycles. The van der Waals surface area contributed by atoms with Crippen molar-refractivity contribution in [2.45, 2.75) is 77.6 Å². The zero-order chi connectivity index (χ0) is 12.6. The second kappa shape index (κ2) is 15.2. The highest BCUT2D eigenvalue weighted by Crippen LogP contribution is 2.07. The minimum Gasteiger partial charge on any atom is -0.234 e. The van der Waals surface area contributed by atoms with Crippen molar-refractivity contribution >= 4 is 5.94 Å². The average Bonchev–Trinajstić information content (AvgIpc) is 2.35. The Balaban J connectivity index is 3.06. The third-order valence-electron chi connectivity index (χ3n) is 2.94. The normalized spacial score (nSPS) is 10.6. The highest BCUT2D eigenvalue weighted by Gasteiger charge is 1.88. The number of carbonyl (C=O) groups excluding carboxylic acids is 1. The Morgan fingerprint density at radius 1 is 0.765 bits per heavy atom. The molecule has 0 N–H and O–H groups in total. The Morgan fingerprint density at radius 3 is 1.82 bits per heavy atom. The van der Waals surface area contributed by atoms with Crippen molar-refractivity contribution in [3.8, 4) is 0 Å². The van der Waals surface area contributed by atoms with E-state index in [2.05, 4.69) is 19.1 Å². The number of allylic oxidation sites excluding steroid dienone is 3. The van der Waals surface area contributed by atoms with Crippen molar-refractivity contribution in [3.05, 3.63) is 18.2 Å². The van der Waals surface area contributed by atoms with Gasteiger partial charge in [0.2, 0.25) is 0 Å². The highest BCUT2D eigenvalue weighted by atomic mass is 16.1. The first-order valence-electron chi connectivity index (χ1n) is 7.26. The first-order chi connectivity index (χ1) is 8.41. The van der Waals surface area contributed by atoms with E-state index in [1.807, 2.05) is 5.94 Å². The summed E-state index contributed by atoms with van der Waals surface area (Å²) in [7, 11) is 0. The monoisotopic (exact) mass is 236 g/mol. The summed E-state index contributed by atoms with van der Waals surface area (Å²) in [6.07, 6.45) is 20.0. The SMILES string of the molecule is CCCCCC/C=C\CCCCCCC=C=O. The van der Waals surface area contributed by atoms with Crippen LogP contribution in [-0.4, -0.2) is 5.94 Å². The maximum Gasteiger partial charge on any atom is 0.120 e. The molecular weight excluding hydrogens is 208 g/mol. The minimum atomic E-state index is 0.900. The lowest BCUT2D eigenvalue weighted by Gasteiger charge is -1.97. The third-order valence-corrected chi connectivity index (χ3v) is 2.94. The first-order valence-corrected chi connectivity index (χ1v) is 7.26. The summed E-state index contributed by atoms with van der Waals surface area (Å²) in [5, 5.41) is 0. The van der Waals surface area contributed by atoms with E-state index in [0.29, 0.717) is 0 Å². The fourth-order valence-corrected chi connectivity index (χ4v) is 1.85. The molecule has 0 aliphatic rings. The predicted octanol–water partition coefficient (Wildman–Crippen LogP) is 5.24. The van der Waals surface area contributed by atoms with E-state index >= 15 is 0 Å². The van der Waals surface area contributed by atoms with Gasteiger partial charge in [-0.25, -0.2) is 4.79 Å². The number of rotatable bonds is 12. The van der Waals surface area contributed by atoms with Gasteiger partial charge in [-0.05, 0) is 44.6 Å². The Bertz CT molecular complexity index is 212. The van der Waals surface area contributed by atoms with Crippen LogP contribution < -0.4 is 0 Å². The van der Waals surface area contributed by atoms with Crippen molar-refractivity contribution in [1.29, 1.82) is 0 Å². The van der Waals surface area contributed by atoms with Crippen molar-refractivity contribution in [3.63, 3.8) is 0 Å². The third kappa shape index (κ3) is 15.2. The van der Waals surface area contributed by atoms with E-state index in [0.717, 1.165) is 12.8 Å². The van der Waals surface area contributed by atoms with Gasteiger partial charge in [-0.2, -0.15) is 0 Å². The van der Waals surface area contributed by atoms with Gasteiger partial charge in [-0.1, -0.05) is 51.2 Å². The standard InChI is InChI=1S/C16H28O/c1-2-3-4-5-6-7-8-9-10-11-12-13-14-15-16-17/h7-8,15H,2-6,9-14H2,1H3/b8-7-. The molecule has 0 rings (SSSR count). The van der Waals surface area contributed by atoms with Gasteiger partial charge in [0.15, 0.2) is 0 Å². The Morgan fingerprint density at radius 2 is 1.29 bits per heavy atom. The summed E-state index contributed by atoms with van der Waals surface area (Å²) < 4.78 is 0. The van der Waals surface area contributed by atoms with E-state index in [1.54, 1.807) is 6.08 Å². The maximum absolute atomic E-state index is 9.92. The van der Waals surface area contributed by atoms with Gasteiger partial charge in [0.05, 0.1) is 0 Å². The molecule has 0 bridgehead atoms. The quantitative estimate of drug-likeness (QED) is 0.257. The summed E-state index contributed by atoms with van der Waals surface area (Å²) in [4.78, 5) is 9.92. The van der Waals surface area contributed by atoms with Gasteiger partial charge in [0.1, 0.15) is 5.94 Å². The van der Waals surface area contributed by atoms with Crippen LogP contribution in [-0.2, 0) is 4.79 Å². The lowest BCUT2D eigenvalue weighted by atomic mass is 10.1. The lowest BCUT2D eigenvalue weighted by molar-refractivity contribution is 0.567. The summed E-state index contributed by atoms with van der Waals surface area (Å²) >= 11 is 0. The molecule has 0 amide bonds. The topological polar surface area (TPSA) is 17.1 Å². The first kappa shape index (κ1) is 16.2. The van der Waals surface area contributed by atoms with Crippen LogP contribution in [0.1, 0.15) is 77.6 Å². The molecule has 98 valence electrons. The largest absolute Gasteiger partial charge is 0.234 e. The van der Waals surface area contributed by atoms with E-state index in [-0.39, 0.29) is 0 Å². The second-order valence-corrected chi connectivity index (χ2v) is 4.63. The number of hydrogen-bond acceptors (Lipinski definition) is 1. The Kier molecular flexibility index (Phi) is 14.5. The van der Waals surface area contributed by atoms with Gasteiger partial charge in [-0.15, -0.1) is 0 Å². The Hall–Kier alpha value is -0.810. The highest BCUT2D eigenvalue weighted by molar-refractivity contribution is 5.44. The summed E-state index contributed by atoms with van der Waals surface area (Å²) in [5.74, 6) is 1.82. The molecule has 1 heteroatoms. The molecule has 0 fully saturated rings. The molecule has 0 unspecified atom stereocenters. The van der Waals surface area contributed by atoms with Gasteiger partial charge >= 0.3 is 0 Å². The van der Waals surface area contributed by atoms with Crippen molar-refractivity contribution in [2.24, 2.45) is 0 Å². The van der Waals surface area contributed by atoms with Crippen LogP contribution in [0.4, 0.5) is 0 Å². The molecule has 0 aromatic heterocycles. The average molecular weight is 236 g/mol. The molecule has 0 heterocycles. The molecular formula is C16H28O. The fraction of sp³-hybridized carbons (Fsp3) is 0.750. The van der Waals surface area contributed by atoms with E-state index in [4.69, 9.17) is 0 Å². The smallest absolute Gasteiger partial charge is 0.120 e. The summed E-state index contributed by atoms with van der Waals surface area (Å²) in [6, 6.07) is 0. The molecule has 0 aromatic rings. The molecule has 0 spiro atoms. The van der Waals surface area contributed by atoms with Crippen LogP contribution in [0, 0.1) is 0 Å². The molecule has 0 aliphatic heterocycles. The van der Waals surface area contributed by atoms with Crippen LogP contribution in [0.5, 0.6) is 0 Å². The van der Waals surface area contributed by atoms with E-state index in [9.17, 15) is 4.79 Å². The van der Waals surface area contributed by atoms with E-state index in [1.165, 1.54) is 57.8 Å². The molecule has 1 nitrogen and oxygen atoms in total. The van der Waals surface area contributed by atoms with Gasteiger partial charge in [-0.3, -0.25) is 0 Å². The molecule has 0 aromatic carbocycles. The number of hydrogen-bond donors (Lipinski definition) is 0. The van der Waals surface area contributed by atoms with Crippen LogP contribution in [0.25, 0.3) is 0 Å². The predicted molar refractivity (Wildman–Crippen MR) is 75.9 cm³/mol. The molecule has 0 saturated heterocycles. The van der Waals surface area contributed by atoms with Crippen molar-refractivity contribution in [2.75, 3.05) is 0 Å². The summed E-state index contributed by atoms with van der Waals surface area (Å²) in [5.41, 5.74) is 0. The van der Waals surface area contributed by atoms with Crippen LogP contribution in [0.3, 0.4) is 0 Å². The van der Waals surface area contributed by atoms with Crippen LogP contribution in [0.15, 0.2) is 18.2 Å². The zero-order valence-electron chi connectivity index (χ0n) is 11.4. The zero-order valence-corrected chi connectivity index (χ0v) is 11.4. The van der Waals surface area contributed by atoms with Crippen LogP contribution >= 0.6 is 0 Å². The second-order valence-electron chi connectivity index (χ2n) is 4.63. The molecule has 0 radical (unpaired) electrons. The Labute approximate surface area is 107 Å². The molecule has 17 heavy (non-hydrogen) atoms. The lowest BCUT2D eigenvalue weighted by Crippen LogP contribution is -1.77. The van der Waals surface area contributed by atoms with E-state index < -0.39 is 0 Å². The van der Waals surface area contributed by atoms with Gasteiger partial charge < -0.3 is 0 Å².